The lowest BCUT2D eigenvalue weighted by atomic mass is 10.0. The van der Waals surface area contributed by atoms with Gasteiger partial charge in [-0.3, -0.25) is 4.79 Å². The van der Waals surface area contributed by atoms with Crippen LogP contribution in [0.2, 0.25) is 0 Å². The number of aromatic nitrogens is 1. The fourth-order valence-corrected chi connectivity index (χ4v) is 2.01. The van der Waals surface area contributed by atoms with E-state index < -0.39 is 5.60 Å². The first-order chi connectivity index (χ1) is 9.83. The molecule has 0 aliphatic carbocycles. The van der Waals surface area contributed by atoms with Gasteiger partial charge in [0.05, 0.1) is 12.1 Å². The molecular formula is C15H17N3O3. The van der Waals surface area contributed by atoms with Crippen LogP contribution in [0, 0.1) is 18.3 Å². The molecule has 2 N–H and O–H groups in total. The first-order valence-corrected chi connectivity index (χ1v) is 6.47. The topological polar surface area (TPSA) is 91.2 Å². The van der Waals surface area contributed by atoms with Gasteiger partial charge in [-0.15, -0.1) is 0 Å². The Kier molecular flexibility index (Phi) is 3.87. The van der Waals surface area contributed by atoms with E-state index in [0.29, 0.717) is 22.8 Å². The summed E-state index contributed by atoms with van der Waals surface area (Å²) < 4.78 is 6.95. The minimum atomic E-state index is -1.30. The number of hydrogen-bond donors (Lipinski definition) is 2. The van der Waals surface area contributed by atoms with Crippen molar-refractivity contribution in [3.05, 3.63) is 47.2 Å². The van der Waals surface area contributed by atoms with Crippen LogP contribution in [0.1, 0.15) is 34.5 Å². The molecule has 0 aliphatic rings. The Balaban J connectivity index is 2.07. The highest BCUT2D eigenvalue weighted by Gasteiger charge is 2.28. The van der Waals surface area contributed by atoms with Crippen LogP contribution in [0.25, 0.3) is 0 Å². The summed E-state index contributed by atoms with van der Waals surface area (Å²) in [7, 11) is 1.68. The number of carbonyl (C=O) groups is 1. The number of rotatable bonds is 4. The summed E-state index contributed by atoms with van der Waals surface area (Å²) >= 11 is 0. The molecule has 0 fully saturated rings. The van der Waals surface area contributed by atoms with Crippen molar-refractivity contribution in [3.63, 3.8) is 0 Å². The molecule has 0 aliphatic heterocycles. The van der Waals surface area contributed by atoms with E-state index in [1.165, 1.54) is 6.07 Å². The number of nitrogens with one attached hydrogen (secondary N) is 1. The largest absolute Gasteiger partial charge is 0.463 e. The van der Waals surface area contributed by atoms with Gasteiger partial charge in [0.15, 0.2) is 0 Å². The number of amides is 1. The van der Waals surface area contributed by atoms with Gasteiger partial charge in [-0.05, 0) is 32.0 Å². The second-order valence-corrected chi connectivity index (χ2v) is 5.20. The lowest BCUT2D eigenvalue weighted by Crippen LogP contribution is -2.38. The average molecular weight is 287 g/mol. The van der Waals surface area contributed by atoms with Crippen LogP contribution >= 0.6 is 0 Å². The summed E-state index contributed by atoms with van der Waals surface area (Å²) in [5, 5.41) is 21.8. The molecule has 0 saturated heterocycles. The molecule has 1 unspecified atom stereocenters. The number of aliphatic hydroxyl groups is 1. The van der Waals surface area contributed by atoms with Crippen molar-refractivity contribution in [2.75, 3.05) is 6.54 Å². The number of furan rings is 1. The molecule has 0 aromatic carbocycles. The van der Waals surface area contributed by atoms with Crippen molar-refractivity contribution < 1.29 is 14.3 Å². The van der Waals surface area contributed by atoms with Gasteiger partial charge in [-0.2, -0.15) is 5.26 Å². The minimum absolute atomic E-state index is 0.00581. The number of aryl methyl sites for hydroxylation is 2. The van der Waals surface area contributed by atoms with E-state index in [9.17, 15) is 9.90 Å². The highest BCUT2D eigenvalue weighted by Crippen LogP contribution is 2.22. The van der Waals surface area contributed by atoms with E-state index in [4.69, 9.17) is 9.68 Å². The van der Waals surface area contributed by atoms with Gasteiger partial charge in [-0.25, -0.2) is 0 Å². The highest BCUT2D eigenvalue weighted by molar-refractivity contribution is 5.93. The molecule has 6 nitrogen and oxygen atoms in total. The van der Waals surface area contributed by atoms with Gasteiger partial charge in [0.1, 0.15) is 28.9 Å². The Morgan fingerprint density at radius 3 is 2.81 bits per heavy atom. The summed E-state index contributed by atoms with van der Waals surface area (Å²) in [5.41, 5.74) is -0.526. The van der Waals surface area contributed by atoms with Crippen molar-refractivity contribution in [3.8, 4) is 6.07 Å². The fraction of sp³-hybridized carbons (Fsp3) is 0.333. The van der Waals surface area contributed by atoms with Gasteiger partial charge in [0, 0.05) is 13.2 Å². The Hall–Kier alpha value is -2.52. The van der Waals surface area contributed by atoms with Gasteiger partial charge < -0.3 is 19.4 Å². The van der Waals surface area contributed by atoms with Gasteiger partial charge in [-0.1, -0.05) is 0 Å². The Bertz CT molecular complexity index is 704. The smallest absolute Gasteiger partial charge is 0.268 e. The Morgan fingerprint density at radius 2 is 2.29 bits per heavy atom. The molecule has 21 heavy (non-hydrogen) atoms. The van der Waals surface area contributed by atoms with Crippen molar-refractivity contribution in [1.82, 2.24) is 9.88 Å². The second kappa shape index (κ2) is 5.46. The Labute approximate surface area is 122 Å². The second-order valence-electron chi connectivity index (χ2n) is 5.20. The van der Waals surface area contributed by atoms with Crippen LogP contribution in [0.3, 0.4) is 0 Å². The van der Waals surface area contributed by atoms with Gasteiger partial charge in [0.2, 0.25) is 0 Å². The average Bonchev–Trinajstić information content (AvgIpc) is 3.02. The van der Waals surface area contributed by atoms with Crippen molar-refractivity contribution in [2.45, 2.75) is 19.4 Å². The minimum Gasteiger partial charge on any atom is -0.463 e. The van der Waals surface area contributed by atoms with Crippen molar-refractivity contribution in [1.29, 1.82) is 5.26 Å². The lowest BCUT2D eigenvalue weighted by molar-refractivity contribution is 0.0322. The normalized spacial score (nSPS) is 13.5. The summed E-state index contributed by atoms with van der Waals surface area (Å²) in [6.07, 6.45) is 1.57. The third-order valence-electron chi connectivity index (χ3n) is 3.23. The van der Waals surface area contributed by atoms with E-state index in [1.54, 1.807) is 43.8 Å². The zero-order valence-electron chi connectivity index (χ0n) is 12.2. The molecule has 0 spiro atoms. The number of nitriles is 1. The molecule has 1 atom stereocenters. The number of carbonyl (C=O) groups excluding carboxylic acids is 1. The van der Waals surface area contributed by atoms with E-state index >= 15 is 0 Å². The van der Waals surface area contributed by atoms with E-state index in [-0.39, 0.29) is 12.5 Å². The third-order valence-corrected chi connectivity index (χ3v) is 3.23. The van der Waals surface area contributed by atoms with Crippen LogP contribution in [-0.4, -0.2) is 22.1 Å². The zero-order chi connectivity index (χ0) is 15.6. The number of hydrogen-bond acceptors (Lipinski definition) is 4. The molecular weight excluding hydrogens is 270 g/mol. The fourth-order valence-electron chi connectivity index (χ4n) is 2.01. The third kappa shape index (κ3) is 3.15. The zero-order valence-corrected chi connectivity index (χ0v) is 12.2. The predicted molar refractivity (Wildman–Crippen MR) is 75.5 cm³/mol. The molecule has 2 rings (SSSR count). The summed E-state index contributed by atoms with van der Waals surface area (Å²) in [5.74, 6) is 0.727. The monoisotopic (exact) mass is 287 g/mol. The SMILES string of the molecule is Cc1ccc(C(C)(O)CNC(=O)c2cc(C#N)cn2C)o1. The highest BCUT2D eigenvalue weighted by atomic mass is 16.4. The van der Waals surface area contributed by atoms with Crippen LogP contribution in [-0.2, 0) is 12.6 Å². The molecule has 0 bridgehead atoms. The summed E-state index contributed by atoms with van der Waals surface area (Å²) in [4.78, 5) is 12.1. The van der Waals surface area contributed by atoms with Crippen LogP contribution in [0.15, 0.2) is 28.8 Å². The maximum absolute atomic E-state index is 12.1. The molecule has 0 radical (unpaired) electrons. The van der Waals surface area contributed by atoms with Crippen LogP contribution in [0.5, 0.6) is 0 Å². The van der Waals surface area contributed by atoms with Gasteiger partial charge >= 0.3 is 0 Å². The molecule has 110 valence electrons. The maximum atomic E-state index is 12.1. The maximum Gasteiger partial charge on any atom is 0.268 e. The standard InChI is InChI=1S/C15H17N3O3/c1-10-4-5-13(21-10)15(2,20)9-17-14(19)12-6-11(7-16)8-18(12)3/h4-6,8,20H,9H2,1-3H3,(H,17,19). The summed E-state index contributed by atoms with van der Waals surface area (Å²) in [6.45, 7) is 3.36. The quantitative estimate of drug-likeness (QED) is 0.890. The predicted octanol–water partition coefficient (Wildman–Crippen LogP) is 1.44. The Morgan fingerprint density at radius 1 is 1.57 bits per heavy atom. The number of nitrogens with zero attached hydrogens (tertiary/aromatic N) is 2. The summed E-state index contributed by atoms with van der Waals surface area (Å²) in [6, 6.07) is 6.91. The first-order valence-electron chi connectivity index (χ1n) is 6.47. The molecule has 6 heteroatoms. The molecule has 2 heterocycles. The van der Waals surface area contributed by atoms with E-state index in [2.05, 4.69) is 5.32 Å². The molecule has 1 amide bonds. The van der Waals surface area contributed by atoms with Crippen molar-refractivity contribution >= 4 is 5.91 Å². The van der Waals surface area contributed by atoms with E-state index in [1.807, 2.05) is 6.07 Å². The lowest BCUT2D eigenvalue weighted by Gasteiger charge is -2.21. The molecule has 2 aromatic heterocycles. The molecule has 0 saturated carbocycles. The van der Waals surface area contributed by atoms with Crippen LogP contribution in [0.4, 0.5) is 0 Å². The first kappa shape index (κ1) is 14.9. The van der Waals surface area contributed by atoms with Crippen LogP contribution < -0.4 is 5.32 Å². The van der Waals surface area contributed by atoms with Crippen molar-refractivity contribution in [2.24, 2.45) is 7.05 Å². The van der Waals surface area contributed by atoms with E-state index in [0.717, 1.165) is 0 Å². The molecule has 2 aromatic rings. The van der Waals surface area contributed by atoms with Gasteiger partial charge in [0.25, 0.3) is 5.91 Å².